The molecule has 6 nitrogen and oxygen atoms in total. The van der Waals surface area contributed by atoms with Gasteiger partial charge in [-0.3, -0.25) is 14.5 Å². The Morgan fingerprint density at radius 1 is 1.43 bits per heavy atom. The highest BCUT2D eigenvalue weighted by Gasteiger charge is 2.14. The van der Waals surface area contributed by atoms with Gasteiger partial charge < -0.3 is 15.2 Å². The number of carboxylic acid groups (broad SMARTS) is 1. The lowest BCUT2D eigenvalue weighted by Crippen LogP contribution is -2.40. The fourth-order valence-electron chi connectivity index (χ4n) is 1.76. The van der Waals surface area contributed by atoms with Crippen LogP contribution >= 0.6 is 24.0 Å². The minimum absolute atomic E-state index is 0. The summed E-state index contributed by atoms with van der Waals surface area (Å²) in [7, 11) is 1.54. The maximum absolute atomic E-state index is 13.0. The van der Waals surface area contributed by atoms with Crippen LogP contribution in [0.3, 0.4) is 0 Å². The second-order valence-corrected chi connectivity index (χ2v) is 5.02. The number of ether oxygens (including phenoxy) is 1. The highest BCUT2D eigenvalue weighted by Crippen LogP contribution is 2.18. The first kappa shape index (κ1) is 21.6. The number of hydrogen-bond acceptors (Lipinski definition) is 4. The molecule has 0 bridgehead atoms. The molecule has 0 saturated heterocycles. The topological polar surface area (TPSA) is 78.9 Å². The van der Waals surface area contributed by atoms with Gasteiger partial charge in [0.1, 0.15) is 12.4 Å². The van der Waals surface area contributed by atoms with E-state index in [1.807, 2.05) is 0 Å². The summed E-state index contributed by atoms with van der Waals surface area (Å²) < 4.78 is 18.0. The van der Waals surface area contributed by atoms with Gasteiger partial charge in [0.15, 0.2) is 0 Å². The zero-order chi connectivity index (χ0) is 16.5. The molecule has 0 aliphatic heterocycles. The smallest absolute Gasteiger partial charge is 0.322 e. The summed E-state index contributed by atoms with van der Waals surface area (Å²) in [5.41, 5.74) is 0.671. The third-order valence-electron chi connectivity index (χ3n) is 2.82. The molecule has 23 heavy (non-hydrogen) atoms. The first-order valence-electron chi connectivity index (χ1n) is 6.56. The van der Waals surface area contributed by atoms with Gasteiger partial charge in [0.2, 0.25) is 5.91 Å². The van der Waals surface area contributed by atoms with E-state index < -0.39 is 24.2 Å². The van der Waals surface area contributed by atoms with Crippen molar-refractivity contribution < 1.29 is 23.8 Å². The number of nitrogens with zero attached hydrogens (tertiary/aromatic N) is 1. The van der Waals surface area contributed by atoms with Crippen molar-refractivity contribution in [2.75, 3.05) is 33.4 Å². The van der Waals surface area contributed by atoms with E-state index in [1.165, 1.54) is 19.2 Å². The zero-order valence-corrected chi connectivity index (χ0v) is 14.1. The molecule has 0 heterocycles. The largest absolute Gasteiger partial charge is 0.480 e. The Labute approximate surface area is 145 Å². The Hall–Kier alpha value is -1.41. The van der Waals surface area contributed by atoms with E-state index in [0.717, 1.165) is 0 Å². The van der Waals surface area contributed by atoms with E-state index in [-0.39, 0.29) is 24.0 Å². The maximum Gasteiger partial charge on any atom is 0.322 e. The third kappa shape index (κ3) is 8.71. The molecule has 0 aliphatic carbocycles. The summed E-state index contributed by atoms with van der Waals surface area (Å²) in [4.78, 5) is 23.9. The van der Waals surface area contributed by atoms with Gasteiger partial charge in [0.25, 0.3) is 0 Å². The van der Waals surface area contributed by atoms with Crippen molar-refractivity contribution in [3.05, 3.63) is 34.6 Å². The summed E-state index contributed by atoms with van der Waals surface area (Å²) in [6.07, 6.45) is 0. The molecule has 0 spiro atoms. The lowest BCUT2D eigenvalue weighted by atomic mass is 10.2. The second kappa shape index (κ2) is 11.2. The normalized spacial score (nSPS) is 10.3. The van der Waals surface area contributed by atoms with Crippen LogP contribution in [0.25, 0.3) is 0 Å². The van der Waals surface area contributed by atoms with Crippen molar-refractivity contribution in [3.63, 3.8) is 0 Å². The highest BCUT2D eigenvalue weighted by molar-refractivity contribution is 6.31. The van der Waals surface area contributed by atoms with Gasteiger partial charge in [-0.2, -0.15) is 0 Å². The highest BCUT2D eigenvalue weighted by atomic mass is 35.5. The number of rotatable bonds is 9. The lowest BCUT2D eigenvalue weighted by molar-refractivity contribution is -0.138. The monoisotopic (exact) mass is 368 g/mol. The lowest BCUT2D eigenvalue weighted by Gasteiger charge is -2.22. The van der Waals surface area contributed by atoms with E-state index in [4.69, 9.17) is 21.4 Å². The minimum atomic E-state index is -1.11. The van der Waals surface area contributed by atoms with Crippen LogP contribution in [0.15, 0.2) is 18.2 Å². The Kier molecular flexibility index (Phi) is 10.5. The van der Waals surface area contributed by atoms with E-state index in [2.05, 4.69) is 5.32 Å². The molecule has 0 aromatic heterocycles. The van der Waals surface area contributed by atoms with E-state index in [1.54, 1.807) is 11.0 Å². The third-order valence-corrected chi connectivity index (χ3v) is 3.18. The summed E-state index contributed by atoms with van der Waals surface area (Å²) in [5, 5.41) is 11.1. The Morgan fingerprint density at radius 3 is 2.70 bits per heavy atom. The average Bonchev–Trinajstić information content (AvgIpc) is 2.45. The zero-order valence-electron chi connectivity index (χ0n) is 12.6. The Bertz CT molecular complexity index is 531. The number of benzene rings is 1. The number of hydrogen-bond donors (Lipinski definition) is 2. The number of nitrogens with one attached hydrogen (secondary N) is 1. The molecule has 1 amide bonds. The van der Waals surface area contributed by atoms with Gasteiger partial charge in [-0.05, 0) is 17.7 Å². The molecule has 1 aromatic rings. The molecule has 1 rings (SSSR count). The molecule has 0 aliphatic rings. The van der Waals surface area contributed by atoms with Crippen LogP contribution in [0.5, 0.6) is 0 Å². The van der Waals surface area contributed by atoms with Gasteiger partial charge in [0, 0.05) is 25.2 Å². The molecule has 0 atom stereocenters. The van der Waals surface area contributed by atoms with Crippen LogP contribution in [0, 0.1) is 5.82 Å². The molecule has 9 heteroatoms. The van der Waals surface area contributed by atoms with Crippen molar-refractivity contribution in [3.8, 4) is 0 Å². The van der Waals surface area contributed by atoms with Crippen molar-refractivity contribution in [1.82, 2.24) is 10.2 Å². The predicted molar refractivity (Wildman–Crippen MR) is 86.5 cm³/mol. The van der Waals surface area contributed by atoms with Gasteiger partial charge in [0.05, 0.1) is 13.2 Å². The van der Waals surface area contributed by atoms with Crippen molar-refractivity contribution in [1.29, 1.82) is 0 Å². The number of halogens is 3. The second-order valence-electron chi connectivity index (χ2n) is 4.61. The quantitative estimate of drug-likeness (QED) is 0.691. The van der Waals surface area contributed by atoms with Crippen LogP contribution in [0.4, 0.5) is 4.39 Å². The number of methoxy groups -OCH3 is 1. The minimum Gasteiger partial charge on any atom is -0.480 e. The first-order chi connectivity index (χ1) is 10.4. The van der Waals surface area contributed by atoms with Crippen molar-refractivity contribution >= 4 is 35.9 Å². The molecular formula is C14H19Cl2FN2O4. The van der Waals surface area contributed by atoms with Crippen LogP contribution in [-0.2, 0) is 20.9 Å². The molecule has 0 unspecified atom stereocenters. The summed E-state index contributed by atoms with van der Waals surface area (Å²) >= 11 is 5.97. The number of carbonyl (C=O) groups excluding carboxylic acids is 1. The Morgan fingerprint density at radius 2 is 2.13 bits per heavy atom. The molecular weight excluding hydrogens is 350 g/mol. The fraction of sp³-hybridized carbons (Fsp3) is 0.429. The number of carbonyl (C=O) groups is 2. The standard InChI is InChI=1S/C14H18ClFN2O4.ClH/c1-22-5-4-18(9-13(19)17-7-14(20)21)8-10-2-3-11(16)6-12(10)15;/h2-3,6H,4-5,7-9H2,1H3,(H,17,19)(H,20,21);1H. The molecule has 130 valence electrons. The van der Waals surface area contributed by atoms with Gasteiger partial charge in [-0.1, -0.05) is 17.7 Å². The van der Waals surface area contributed by atoms with Gasteiger partial charge in [-0.25, -0.2) is 4.39 Å². The van der Waals surface area contributed by atoms with Crippen LogP contribution in [-0.4, -0.2) is 55.2 Å². The summed E-state index contributed by atoms with van der Waals surface area (Å²) in [6, 6.07) is 4.04. The number of aliphatic carboxylic acids is 1. The van der Waals surface area contributed by atoms with Crippen molar-refractivity contribution in [2.24, 2.45) is 0 Å². The molecule has 0 radical (unpaired) electrons. The molecule has 0 saturated carbocycles. The van der Waals surface area contributed by atoms with Crippen LogP contribution < -0.4 is 5.32 Å². The fourth-order valence-corrected chi connectivity index (χ4v) is 1.99. The van der Waals surface area contributed by atoms with E-state index >= 15 is 0 Å². The SMILES string of the molecule is COCCN(CC(=O)NCC(=O)O)Cc1ccc(F)cc1Cl.Cl. The van der Waals surface area contributed by atoms with Crippen molar-refractivity contribution in [2.45, 2.75) is 6.54 Å². The van der Waals surface area contributed by atoms with E-state index in [0.29, 0.717) is 25.3 Å². The van der Waals surface area contributed by atoms with Gasteiger partial charge in [-0.15, -0.1) is 12.4 Å². The molecule has 1 aromatic carbocycles. The average molecular weight is 369 g/mol. The van der Waals surface area contributed by atoms with E-state index in [9.17, 15) is 14.0 Å². The first-order valence-corrected chi connectivity index (χ1v) is 6.94. The van der Waals surface area contributed by atoms with Gasteiger partial charge >= 0.3 is 5.97 Å². The Balaban J connectivity index is 0.00000484. The number of amides is 1. The predicted octanol–water partition coefficient (Wildman–Crippen LogP) is 1.55. The van der Waals surface area contributed by atoms with Crippen LogP contribution in [0.1, 0.15) is 5.56 Å². The van der Waals surface area contributed by atoms with Crippen LogP contribution in [0.2, 0.25) is 5.02 Å². The summed E-state index contributed by atoms with van der Waals surface area (Å²) in [6.45, 7) is 0.720. The molecule has 2 N–H and O–H groups in total. The maximum atomic E-state index is 13.0. The molecule has 0 fully saturated rings. The number of carboxylic acids is 1. The summed E-state index contributed by atoms with van der Waals surface area (Å²) in [5.74, 6) is -1.97.